The first-order valence-electron chi connectivity index (χ1n) is 10.8. The van der Waals surface area contributed by atoms with E-state index in [0.29, 0.717) is 24.9 Å². The summed E-state index contributed by atoms with van der Waals surface area (Å²) in [4.78, 5) is 25.4. The van der Waals surface area contributed by atoms with Gasteiger partial charge in [0.2, 0.25) is 5.91 Å². The standard InChI is InChI=1S/C25H27N5O2/c1-17(20-11-6-4-7-12-20)26-22(31)15-10-16-29-25(32)24-23(18(2)27-29)19(3)30(28-24)21-13-8-5-9-14-21/h4-9,11-14,17H,10,15-16H2,1-3H3,(H,26,31)/t17-/m1/s1. The summed E-state index contributed by atoms with van der Waals surface area (Å²) in [5.41, 5.74) is 3.76. The van der Waals surface area contributed by atoms with Gasteiger partial charge < -0.3 is 5.32 Å². The zero-order valence-corrected chi connectivity index (χ0v) is 18.6. The molecule has 0 unspecified atom stereocenters. The molecule has 2 heterocycles. The molecule has 0 radical (unpaired) electrons. The molecule has 1 amide bonds. The van der Waals surface area contributed by atoms with E-state index in [1.165, 1.54) is 4.68 Å². The Labute approximate surface area is 186 Å². The molecule has 0 spiro atoms. The van der Waals surface area contributed by atoms with Gasteiger partial charge in [-0.2, -0.15) is 10.2 Å². The van der Waals surface area contributed by atoms with Crippen molar-refractivity contribution in [2.24, 2.45) is 0 Å². The lowest BCUT2D eigenvalue weighted by molar-refractivity contribution is -0.121. The number of aryl methyl sites for hydroxylation is 3. The minimum absolute atomic E-state index is 0.0450. The third-order valence-electron chi connectivity index (χ3n) is 5.64. The Morgan fingerprint density at radius 1 is 1.00 bits per heavy atom. The molecule has 4 rings (SSSR count). The lowest BCUT2D eigenvalue weighted by Crippen LogP contribution is -2.28. The Hall–Kier alpha value is -3.74. The Bertz CT molecular complexity index is 1290. The van der Waals surface area contributed by atoms with Crippen molar-refractivity contribution in [3.63, 3.8) is 0 Å². The van der Waals surface area contributed by atoms with E-state index in [1.807, 2.05) is 81.4 Å². The Balaban J connectivity index is 1.47. The van der Waals surface area contributed by atoms with Crippen LogP contribution in [-0.2, 0) is 11.3 Å². The van der Waals surface area contributed by atoms with Crippen molar-refractivity contribution in [2.45, 2.75) is 46.2 Å². The topological polar surface area (TPSA) is 81.8 Å². The molecule has 0 saturated carbocycles. The minimum atomic E-state index is -0.235. The van der Waals surface area contributed by atoms with Crippen LogP contribution in [0.3, 0.4) is 0 Å². The molecule has 0 saturated heterocycles. The molecule has 0 aliphatic rings. The van der Waals surface area contributed by atoms with Crippen molar-refractivity contribution in [1.29, 1.82) is 0 Å². The summed E-state index contributed by atoms with van der Waals surface area (Å²) < 4.78 is 3.21. The van der Waals surface area contributed by atoms with Crippen LogP contribution in [-0.4, -0.2) is 25.5 Å². The van der Waals surface area contributed by atoms with Gasteiger partial charge in [0.05, 0.1) is 28.5 Å². The van der Waals surface area contributed by atoms with Crippen LogP contribution >= 0.6 is 0 Å². The maximum Gasteiger partial charge on any atom is 0.295 e. The molecule has 2 aromatic heterocycles. The SMILES string of the molecule is Cc1nn(CCCC(=O)N[C@H](C)c2ccccc2)c(=O)c2nn(-c3ccccc3)c(C)c12. The van der Waals surface area contributed by atoms with E-state index in [2.05, 4.69) is 15.5 Å². The van der Waals surface area contributed by atoms with Crippen LogP contribution in [0.15, 0.2) is 65.5 Å². The highest BCUT2D eigenvalue weighted by molar-refractivity contribution is 5.83. The van der Waals surface area contributed by atoms with E-state index in [4.69, 9.17) is 0 Å². The molecule has 164 valence electrons. The summed E-state index contributed by atoms with van der Waals surface area (Å²) in [6.07, 6.45) is 0.837. The van der Waals surface area contributed by atoms with E-state index in [1.54, 1.807) is 4.68 Å². The zero-order chi connectivity index (χ0) is 22.7. The normalized spacial score (nSPS) is 12.1. The summed E-state index contributed by atoms with van der Waals surface area (Å²) >= 11 is 0. The number of nitrogens with one attached hydrogen (secondary N) is 1. The largest absolute Gasteiger partial charge is 0.350 e. The number of hydrogen-bond acceptors (Lipinski definition) is 4. The van der Waals surface area contributed by atoms with E-state index < -0.39 is 0 Å². The third kappa shape index (κ3) is 4.32. The Kier molecular flexibility index (Phi) is 6.16. The summed E-state index contributed by atoms with van der Waals surface area (Å²) in [6.45, 7) is 6.15. The molecule has 7 heteroatoms. The minimum Gasteiger partial charge on any atom is -0.350 e. The van der Waals surface area contributed by atoms with E-state index in [9.17, 15) is 9.59 Å². The highest BCUT2D eigenvalue weighted by Crippen LogP contribution is 2.21. The third-order valence-corrected chi connectivity index (χ3v) is 5.64. The molecule has 1 atom stereocenters. The van der Waals surface area contributed by atoms with Crippen LogP contribution in [0.5, 0.6) is 0 Å². The van der Waals surface area contributed by atoms with Gasteiger partial charge in [-0.25, -0.2) is 9.36 Å². The summed E-state index contributed by atoms with van der Waals surface area (Å²) in [5, 5.41) is 12.9. The maximum absolute atomic E-state index is 13.0. The molecule has 1 N–H and O–H groups in total. The smallest absolute Gasteiger partial charge is 0.295 e. The fourth-order valence-electron chi connectivity index (χ4n) is 3.98. The molecular weight excluding hydrogens is 402 g/mol. The monoisotopic (exact) mass is 429 g/mol. The van der Waals surface area contributed by atoms with Gasteiger partial charge >= 0.3 is 0 Å². The van der Waals surface area contributed by atoms with E-state index >= 15 is 0 Å². The van der Waals surface area contributed by atoms with Gasteiger partial charge in [0.1, 0.15) is 0 Å². The average Bonchev–Trinajstić information content (AvgIpc) is 3.16. The molecule has 32 heavy (non-hydrogen) atoms. The lowest BCUT2D eigenvalue weighted by Gasteiger charge is -2.14. The second-order valence-electron chi connectivity index (χ2n) is 7.97. The van der Waals surface area contributed by atoms with Gasteiger partial charge in [-0.3, -0.25) is 9.59 Å². The quantitative estimate of drug-likeness (QED) is 0.484. The molecule has 0 aliphatic heterocycles. The van der Waals surface area contributed by atoms with Crippen molar-refractivity contribution in [3.8, 4) is 5.69 Å². The van der Waals surface area contributed by atoms with Gasteiger partial charge in [0.25, 0.3) is 5.56 Å². The van der Waals surface area contributed by atoms with Crippen LogP contribution in [0.2, 0.25) is 0 Å². The lowest BCUT2D eigenvalue weighted by atomic mass is 10.1. The second kappa shape index (κ2) is 9.18. The van der Waals surface area contributed by atoms with Crippen LogP contribution in [0.1, 0.15) is 42.8 Å². The van der Waals surface area contributed by atoms with Gasteiger partial charge in [0.15, 0.2) is 5.52 Å². The molecule has 7 nitrogen and oxygen atoms in total. The molecule has 0 bridgehead atoms. The molecular formula is C25H27N5O2. The molecule has 0 aliphatic carbocycles. The summed E-state index contributed by atoms with van der Waals surface area (Å²) in [5.74, 6) is -0.0450. The molecule has 0 fully saturated rings. The maximum atomic E-state index is 13.0. The van der Waals surface area contributed by atoms with Crippen molar-refractivity contribution in [1.82, 2.24) is 24.9 Å². The Morgan fingerprint density at radius 3 is 2.34 bits per heavy atom. The highest BCUT2D eigenvalue weighted by Gasteiger charge is 2.17. The number of carbonyl (C=O) groups is 1. The Morgan fingerprint density at radius 2 is 1.66 bits per heavy atom. The van der Waals surface area contributed by atoms with Crippen molar-refractivity contribution in [3.05, 3.63) is 88.0 Å². The first-order chi connectivity index (χ1) is 15.5. The van der Waals surface area contributed by atoms with Gasteiger partial charge in [0, 0.05) is 13.0 Å². The van der Waals surface area contributed by atoms with Crippen molar-refractivity contribution >= 4 is 16.8 Å². The molecule has 2 aromatic carbocycles. The number of carbonyl (C=O) groups excluding carboxylic acids is 1. The number of aromatic nitrogens is 4. The van der Waals surface area contributed by atoms with Gasteiger partial charge in [-0.05, 0) is 44.9 Å². The second-order valence-corrected chi connectivity index (χ2v) is 7.97. The van der Waals surface area contributed by atoms with Crippen molar-refractivity contribution in [2.75, 3.05) is 0 Å². The molecule has 4 aromatic rings. The number of hydrogen-bond donors (Lipinski definition) is 1. The number of rotatable bonds is 7. The number of nitrogens with zero attached hydrogens (tertiary/aromatic N) is 4. The fraction of sp³-hybridized carbons (Fsp3) is 0.280. The summed E-state index contributed by atoms with van der Waals surface area (Å²) in [7, 11) is 0. The van der Waals surface area contributed by atoms with Gasteiger partial charge in [-0.15, -0.1) is 0 Å². The van der Waals surface area contributed by atoms with Crippen LogP contribution in [0.4, 0.5) is 0 Å². The number of fused-ring (bicyclic) bond motifs is 1. The first-order valence-corrected chi connectivity index (χ1v) is 10.8. The van der Waals surface area contributed by atoms with Crippen molar-refractivity contribution < 1.29 is 4.79 Å². The van der Waals surface area contributed by atoms with Crippen LogP contribution in [0, 0.1) is 13.8 Å². The number of amides is 1. The first kappa shape index (κ1) is 21.5. The zero-order valence-electron chi connectivity index (χ0n) is 18.6. The highest BCUT2D eigenvalue weighted by atomic mass is 16.1. The van der Waals surface area contributed by atoms with Crippen LogP contribution < -0.4 is 10.9 Å². The summed E-state index contributed by atoms with van der Waals surface area (Å²) in [6, 6.07) is 19.5. The fourth-order valence-corrected chi connectivity index (χ4v) is 3.98. The number of benzene rings is 2. The van der Waals surface area contributed by atoms with Crippen LogP contribution in [0.25, 0.3) is 16.6 Å². The van der Waals surface area contributed by atoms with Gasteiger partial charge in [-0.1, -0.05) is 48.5 Å². The predicted octanol–water partition coefficient (Wildman–Crippen LogP) is 3.86. The van der Waals surface area contributed by atoms with E-state index in [0.717, 1.165) is 28.0 Å². The number of para-hydroxylation sites is 1. The van der Waals surface area contributed by atoms with E-state index in [-0.39, 0.29) is 17.5 Å². The average molecular weight is 430 g/mol. The predicted molar refractivity (Wildman–Crippen MR) is 125 cm³/mol.